The third-order valence-electron chi connectivity index (χ3n) is 4.03. The Balaban J connectivity index is 1.44. The van der Waals surface area contributed by atoms with Gasteiger partial charge in [0.2, 0.25) is 5.82 Å². The molecule has 0 atom stereocenters. The van der Waals surface area contributed by atoms with Crippen molar-refractivity contribution in [1.82, 2.24) is 29.9 Å². The summed E-state index contributed by atoms with van der Waals surface area (Å²) < 4.78 is 45.6. The summed E-state index contributed by atoms with van der Waals surface area (Å²) >= 11 is 0. The van der Waals surface area contributed by atoms with Crippen LogP contribution in [0.5, 0.6) is 0 Å². The molecule has 0 aliphatic heterocycles. The number of hydrogen-bond acceptors (Lipinski definition) is 7. The third-order valence-corrected chi connectivity index (χ3v) is 4.03. The molecule has 1 aromatic carbocycles. The Kier molecular flexibility index (Phi) is 4.94. The van der Waals surface area contributed by atoms with Crippen LogP contribution in [0.3, 0.4) is 0 Å². The summed E-state index contributed by atoms with van der Waals surface area (Å²) in [4.78, 5) is 8.45. The normalized spacial score (nSPS) is 11.6. The molecular weight excluding hydrogens is 387 g/mol. The maximum Gasteiger partial charge on any atom is 0.416 e. The van der Waals surface area contributed by atoms with Gasteiger partial charge in [-0.05, 0) is 24.3 Å². The van der Waals surface area contributed by atoms with Gasteiger partial charge in [0.25, 0.3) is 5.89 Å². The number of pyridine rings is 1. The molecule has 29 heavy (non-hydrogen) atoms. The molecule has 4 aromatic rings. The van der Waals surface area contributed by atoms with Gasteiger partial charge < -0.3 is 14.4 Å². The minimum absolute atomic E-state index is 0.0715. The number of anilines is 1. The van der Waals surface area contributed by atoms with Gasteiger partial charge in [0.15, 0.2) is 0 Å². The zero-order chi connectivity index (χ0) is 20.3. The Morgan fingerprint density at radius 1 is 1.03 bits per heavy atom. The minimum atomic E-state index is -4.44. The average molecular weight is 401 g/mol. The molecule has 8 nitrogen and oxygen atoms in total. The molecule has 0 spiro atoms. The summed E-state index contributed by atoms with van der Waals surface area (Å²) in [6, 6.07) is 8.24. The maximum atomic E-state index is 12.9. The largest absolute Gasteiger partial charge is 0.416 e. The van der Waals surface area contributed by atoms with Crippen molar-refractivity contribution in [3.8, 4) is 22.8 Å². The fourth-order valence-corrected chi connectivity index (χ4v) is 2.57. The van der Waals surface area contributed by atoms with Crippen LogP contribution in [-0.4, -0.2) is 36.4 Å². The first-order valence-corrected chi connectivity index (χ1v) is 8.53. The number of nitrogens with one attached hydrogen (secondary N) is 1. The van der Waals surface area contributed by atoms with Crippen molar-refractivity contribution in [2.24, 2.45) is 0 Å². The molecule has 1 N–H and O–H groups in total. The summed E-state index contributed by atoms with van der Waals surface area (Å²) in [6.07, 6.45) is 0.347. The van der Waals surface area contributed by atoms with E-state index in [4.69, 9.17) is 4.52 Å². The van der Waals surface area contributed by atoms with Crippen LogP contribution in [-0.2, 0) is 12.7 Å². The first-order valence-electron chi connectivity index (χ1n) is 8.53. The van der Waals surface area contributed by atoms with Gasteiger partial charge in [0.1, 0.15) is 18.5 Å². The van der Waals surface area contributed by atoms with Gasteiger partial charge in [-0.2, -0.15) is 18.2 Å². The molecule has 0 amide bonds. The van der Waals surface area contributed by atoms with Gasteiger partial charge in [-0.1, -0.05) is 17.3 Å². The van der Waals surface area contributed by atoms with E-state index in [2.05, 4.69) is 30.6 Å². The second-order valence-electron chi connectivity index (χ2n) is 6.06. The molecule has 0 bridgehead atoms. The van der Waals surface area contributed by atoms with Crippen molar-refractivity contribution in [3.05, 3.63) is 60.8 Å². The first kappa shape index (κ1) is 18.6. The lowest BCUT2D eigenvalue weighted by atomic mass is 10.1. The van der Waals surface area contributed by atoms with Crippen LogP contribution in [0.4, 0.5) is 19.0 Å². The zero-order valence-electron chi connectivity index (χ0n) is 14.8. The van der Waals surface area contributed by atoms with Gasteiger partial charge >= 0.3 is 6.18 Å². The highest BCUT2D eigenvalue weighted by molar-refractivity contribution is 5.60. The van der Waals surface area contributed by atoms with Gasteiger partial charge in [-0.15, -0.1) is 10.2 Å². The number of benzene rings is 1. The molecule has 4 rings (SSSR count). The molecule has 11 heteroatoms. The van der Waals surface area contributed by atoms with E-state index in [0.717, 1.165) is 12.1 Å². The molecule has 0 unspecified atom stereocenters. The lowest BCUT2D eigenvalue weighted by molar-refractivity contribution is -0.137. The van der Waals surface area contributed by atoms with Crippen LogP contribution in [0.25, 0.3) is 22.8 Å². The topological polar surface area (TPSA) is 94.6 Å². The second kappa shape index (κ2) is 7.70. The monoisotopic (exact) mass is 401 g/mol. The lowest BCUT2D eigenvalue weighted by Gasteiger charge is -2.06. The molecule has 3 aromatic heterocycles. The Morgan fingerprint density at radius 2 is 1.86 bits per heavy atom. The predicted molar refractivity (Wildman–Crippen MR) is 96.5 cm³/mol. The number of halogens is 3. The SMILES string of the molecule is FC(F)(F)c1cccc(-c2noc(-c3ccc(NCCn4cnnc4)nc3)n2)c1. The standard InChI is InChI=1S/C18H14F3N7O/c19-18(20,21)14-3-1-2-12(8-14)16-26-17(29-27-16)13-4-5-15(23-9-13)22-6-7-28-10-24-25-11-28/h1-5,8-11H,6-7H2,(H,22,23). The Hall–Kier alpha value is -3.76. The van der Waals surface area contributed by atoms with Gasteiger partial charge in [0, 0.05) is 24.8 Å². The van der Waals surface area contributed by atoms with E-state index in [0.29, 0.717) is 24.5 Å². The number of alkyl halides is 3. The molecule has 0 aliphatic rings. The van der Waals surface area contributed by atoms with Crippen molar-refractivity contribution < 1.29 is 17.7 Å². The smallest absolute Gasteiger partial charge is 0.368 e. The number of rotatable bonds is 6. The number of aromatic nitrogens is 6. The van der Waals surface area contributed by atoms with E-state index in [1.54, 1.807) is 31.0 Å². The highest BCUT2D eigenvalue weighted by atomic mass is 19.4. The molecule has 148 valence electrons. The molecule has 0 radical (unpaired) electrons. The minimum Gasteiger partial charge on any atom is -0.368 e. The summed E-state index contributed by atoms with van der Waals surface area (Å²) in [5.41, 5.74) is 0.0000613. The van der Waals surface area contributed by atoms with Crippen LogP contribution in [0.1, 0.15) is 5.56 Å². The summed E-state index contributed by atoms with van der Waals surface area (Å²) in [5, 5.41) is 14.4. The molecule has 0 aliphatic carbocycles. The van der Waals surface area contributed by atoms with Crippen LogP contribution >= 0.6 is 0 Å². The highest BCUT2D eigenvalue weighted by Crippen LogP contribution is 2.32. The fraction of sp³-hybridized carbons (Fsp3) is 0.167. The fourth-order valence-electron chi connectivity index (χ4n) is 2.57. The lowest BCUT2D eigenvalue weighted by Crippen LogP contribution is -2.10. The third kappa shape index (κ3) is 4.39. The average Bonchev–Trinajstić information content (AvgIpc) is 3.40. The van der Waals surface area contributed by atoms with Crippen LogP contribution in [0, 0.1) is 0 Å². The van der Waals surface area contributed by atoms with Crippen molar-refractivity contribution >= 4 is 5.82 Å². The predicted octanol–water partition coefficient (Wildman–Crippen LogP) is 3.52. The van der Waals surface area contributed by atoms with Crippen LogP contribution < -0.4 is 5.32 Å². The van der Waals surface area contributed by atoms with E-state index in [1.807, 2.05) is 4.57 Å². The summed E-state index contributed by atoms with van der Waals surface area (Å²) in [5.74, 6) is 0.891. The maximum absolute atomic E-state index is 12.9. The highest BCUT2D eigenvalue weighted by Gasteiger charge is 2.30. The molecule has 0 fully saturated rings. The van der Waals surface area contributed by atoms with Crippen molar-refractivity contribution in [1.29, 1.82) is 0 Å². The van der Waals surface area contributed by atoms with Gasteiger partial charge in [-0.3, -0.25) is 0 Å². The Morgan fingerprint density at radius 3 is 2.59 bits per heavy atom. The van der Waals surface area contributed by atoms with Crippen molar-refractivity contribution in [3.63, 3.8) is 0 Å². The number of nitrogens with zero attached hydrogens (tertiary/aromatic N) is 6. The van der Waals surface area contributed by atoms with Gasteiger partial charge in [-0.25, -0.2) is 4.98 Å². The molecule has 0 saturated carbocycles. The van der Waals surface area contributed by atoms with E-state index in [9.17, 15) is 13.2 Å². The van der Waals surface area contributed by atoms with Crippen LogP contribution in [0.15, 0.2) is 59.8 Å². The van der Waals surface area contributed by atoms with E-state index in [-0.39, 0.29) is 17.3 Å². The van der Waals surface area contributed by atoms with Gasteiger partial charge in [0.05, 0.1) is 11.1 Å². The first-order chi connectivity index (χ1) is 14.0. The van der Waals surface area contributed by atoms with Crippen LogP contribution in [0.2, 0.25) is 0 Å². The quantitative estimate of drug-likeness (QED) is 0.528. The van der Waals surface area contributed by atoms with Crippen molar-refractivity contribution in [2.75, 3.05) is 11.9 Å². The Bertz CT molecular complexity index is 1080. The Labute approximate surface area is 162 Å². The summed E-state index contributed by atoms with van der Waals surface area (Å²) in [6.45, 7) is 1.31. The second-order valence-corrected chi connectivity index (χ2v) is 6.06. The number of hydrogen-bond donors (Lipinski definition) is 1. The van der Waals surface area contributed by atoms with E-state index < -0.39 is 11.7 Å². The molecule has 3 heterocycles. The van der Waals surface area contributed by atoms with E-state index >= 15 is 0 Å². The zero-order valence-corrected chi connectivity index (χ0v) is 14.8. The molecule has 0 saturated heterocycles. The van der Waals surface area contributed by atoms with E-state index in [1.165, 1.54) is 12.1 Å². The van der Waals surface area contributed by atoms with Crippen molar-refractivity contribution in [2.45, 2.75) is 12.7 Å². The molecular formula is C18H14F3N7O. The summed E-state index contributed by atoms with van der Waals surface area (Å²) in [7, 11) is 0.